The normalized spacial score (nSPS) is 21.2. The van der Waals surface area contributed by atoms with Crippen LogP contribution in [0.4, 0.5) is 0 Å². The quantitative estimate of drug-likeness (QED) is 0.827. The number of benzene rings is 1. The van der Waals surface area contributed by atoms with Crippen molar-refractivity contribution in [2.45, 2.75) is 32.2 Å². The van der Waals surface area contributed by atoms with Crippen LogP contribution in [-0.4, -0.2) is 71.4 Å². The van der Waals surface area contributed by atoms with E-state index in [0.717, 1.165) is 44.8 Å². The maximum atomic E-state index is 12.5. The monoisotopic (exact) mass is 372 g/mol. The van der Waals surface area contributed by atoms with Gasteiger partial charge in [0.05, 0.1) is 22.8 Å². The Morgan fingerprint density at radius 1 is 1.08 bits per heavy atom. The number of likely N-dealkylation sites (tertiary alicyclic amines) is 1. The minimum atomic E-state index is 0.317. The van der Waals surface area contributed by atoms with Crippen LogP contribution < -0.4 is 0 Å². The molecule has 1 atom stereocenters. The lowest BCUT2D eigenvalue weighted by molar-refractivity contribution is -0.133. The molecule has 2 fully saturated rings. The van der Waals surface area contributed by atoms with E-state index < -0.39 is 0 Å². The number of para-hydroxylation sites is 1. The molecule has 1 aromatic carbocycles. The van der Waals surface area contributed by atoms with Crippen LogP contribution in [0.3, 0.4) is 0 Å². The topological polar surface area (TPSA) is 39.7 Å². The average Bonchev–Trinajstić information content (AvgIpc) is 3.13. The standard InChI is InChI=1S/C20H28N4OS/c1-16(20-21-17-7-3-4-8-18(17)26-20)23-13-11-22(12-14-23)15-19(25)24-9-5-2-6-10-24/h3-4,7-8,16H,2,5-6,9-15H2,1H3/t16-/m1/s1. The molecule has 0 radical (unpaired) electrons. The van der Waals surface area contributed by atoms with Crippen LogP contribution in [0.15, 0.2) is 24.3 Å². The van der Waals surface area contributed by atoms with Gasteiger partial charge in [0, 0.05) is 39.3 Å². The summed E-state index contributed by atoms with van der Waals surface area (Å²) in [6.07, 6.45) is 3.60. The van der Waals surface area contributed by atoms with Crippen LogP contribution in [-0.2, 0) is 4.79 Å². The molecule has 0 spiro atoms. The number of rotatable bonds is 4. The van der Waals surface area contributed by atoms with Crippen molar-refractivity contribution in [2.75, 3.05) is 45.8 Å². The van der Waals surface area contributed by atoms with Gasteiger partial charge in [0.2, 0.25) is 5.91 Å². The molecule has 5 nitrogen and oxygen atoms in total. The third kappa shape index (κ3) is 3.92. The number of amides is 1. The van der Waals surface area contributed by atoms with Gasteiger partial charge in [-0.2, -0.15) is 0 Å². The zero-order valence-electron chi connectivity index (χ0n) is 15.6. The Labute approximate surface area is 159 Å². The molecule has 1 amide bonds. The van der Waals surface area contributed by atoms with Crippen LogP contribution in [0.5, 0.6) is 0 Å². The number of hydrogen-bond acceptors (Lipinski definition) is 5. The third-order valence-corrected chi connectivity index (χ3v) is 6.90. The molecule has 26 heavy (non-hydrogen) atoms. The maximum Gasteiger partial charge on any atom is 0.236 e. The molecular formula is C20H28N4OS. The number of aromatic nitrogens is 1. The summed E-state index contributed by atoms with van der Waals surface area (Å²) >= 11 is 1.80. The second-order valence-electron chi connectivity index (χ2n) is 7.45. The molecule has 2 aliphatic rings. The van der Waals surface area contributed by atoms with Gasteiger partial charge in [0.1, 0.15) is 5.01 Å². The summed E-state index contributed by atoms with van der Waals surface area (Å²) in [4.78, 5) is 24.2. The summed E-state index contributed by atoms with van der Waals surface area (Å²) in [5.41, 5.74) is 1.10. The van der Waals surface area contributed by atoms with Crippen molar-refractivity contribution in [2.24, 2.45) is 0 Å². The Morgan fingerprint density at radius 2 is 1.81 bits per heavy atom. The molecule has 0 unspecified atom stereocenters. The molecule has 6 heteroatoms. The van der Waals surface area contributed by atoms with Crippen molar-refractivity contribution in [1.29, 1.82) is 0 Å². The number of piperidine rings is 1. The highest BCUT2D eigenvalue weighted by Crippen LogP contribution is 2.29. The zero-order chi connectivity index (χ0) is 17.9. The van der Waals surface area contributed by atoms with Crippen molar-refractivity contribution in [3.05, 3.63) is 29.3 Å². The van der Waals surface area contributed by atoms with E-state index in [1.807, 2.05) is 0 Å². The number of fused-ring (bicyclic) bond motifs is 1. The predicted molar refractivity (Wildman–Crippen MR) is 106 cm³/mol. The van der Waals surface area contributed by atoms with Gasteiger partial charge in [-0.15, -0.1) is 11.3 Å². The maximum absolute atomic E-state index is 12.5. The van der Waals surface area contributed by atoms with Crippen LogP contribution in [0.2, 0.25) is 0 Å². The fourth-order valence-electron chi connectivity index (χ4n) is 3.97. The summed E-state index contributed by atoms with van der Waals surface area (Å²) in [7, 11) is 0. The highest BCUT2D eigenvalue weighted by molar-refractivity contribution is 7.18. The summed E-state index contributed by atoms with van der Waals surface area (Å²) in [6, 6.07) is 8.70. The highest BCUT2D eigenvalue weighted by atomic mass is 32.1. The van der Waals surface area contributed by atoms with Gasteiger partial charge in [0.25, 0.3) is 0 Å². The van der Waals surface area contributed by atoms with Crippen LogP contribution in [0.25, 0.3) is 10.2 Å². The largest absolute Gasteiger partial charge is 0.342 e. The lowest BCUT2D eigenvalue weighted by Gasteiger charge is -2.38. The zero-order valence-corrected chi connectivity index (χ0v) is 16.4. The van der Waals surface area contributed by atoms with E-state index in [1.165, 1.54) is 29.0 Å². The second-order valence-corrected chi connectivity index (χ2v) is 8.51. The third-order valence-electron chi connectivity index (χ3n) is 5.69. The van der Waals surface area contributed by atoms with E-state index >= 15 is 0 Å². The minimum Gasteiger partial charge on any atom is -0.342 e. The van der Waals surface area contributed by atoms with Crippen LogP contribution in [0, 0.1) is 0 Å². The van der Waals surface area contributed by atoms with E-state index in [4.69, 9.17) is 4.98 Å². The van der Waals surface area contributed by atoms with Gasteiger partial charge in [-0.3, -0.25) is 14.6 Å². The predicted octanol–water partition coefficient (Wildman–Crippen LogP) is 2.99. The number of carbonyl (C=O) groups excluding carboxylic acids is 1. The van der Waals surface area contributed by atoms with Gasteiger partial charge < -0.3 is 4.90 Å². The molecule has 0 N–H and O–H groups in total. The fraction of sp³-hybridized carbons (Fsp3) is 0.600. The first-order chi connectivity index (χ1) is 12.7. The lowest BCUT2D eigenvalue weighted by atomic mass is 10.1. The molecule has 0 aliphatic carbocycles. The van der Waals surface area contributed by atoms with E-state index in [2.05, 4.69) is 45.9 Å². The Kier molecular flexibility index (Phi) is 5.52. The first kappa shape index (κ1) is 17.9. The van der Waals surface area contributed by atoms with Gasteiger partial charge in [-0.05, 0) is 38.3 Å². The molecule has 2 aromatic rings. The summed E-state index contributed by atoms with van der Waals surface area (Å²) < 4.78 is 1.26. The molecule has 1 aromatic heterocycles. The van der Waals surface area contributed by atoms with Gasteiger partial charge >= 0.3 is 0 Å². The number of nitrogens with zero attached hydrogens (tertiary/aromatic N) is 4. The molecule has 0 saturated carbocycles. The van der Waals surface area contributed by atoms with Crippen molar-refractivity contribution >= 4 is 27.5 Å². The smallest absolute Gasteiger partial charge is 0.236 e. The molecule has 2 aliphatic heterocycles. The Morgan fingerprint density at radius 3 is 2.54 bits per heavy atom. The number of hydrogen-bond donors (Lipinski definition) is 0. The average molecular weight is 373 g/mol. The highest BCUT2D eigenvalue weighted by Gasteiger charge is 2.26. The molecule has 2 saturated heterocycles. The SMILES string of the molecule is C[C@H](c1nc2ccccc2s1)N1CCN(CC(=O)N2CCCCC2)CC1. The van der Waals surface area contributed by atoms with E-state index in [9.17, 15) is 4.79 Å². The molecule has 4 rings (SSSR count). The van der Waals surface area contributed by atoms with Crippen molar-refractivity contribution in [1.82, 2.24) is 19.7 Å². The minimum absolute atomic E-state index is 0.317. The van der Waals surface area contributed by atoms with Gasteiger partial charge in [-0.1, -0.05) is 12.1 Å². The fourth-order valence-corrected chi connectivity index (χ4v) is 5.02. The van der Waals surface area contributed by atoms with Crippen molar-refractivity contribution in [3.8, 4) is 0 Å². The van der Waals surface area contributed by atoms with Crippen LogP contribution in [0.1, 0.15) is 37.2 Å². The first-order valence-corrected chi connectivity index (χ1v) is 10.6. The number of carbonyl (C=O) groups is 1. The molecule has 140 valence electrons. The number of thiazole rings is 1. The summed E-state index contributed by atoms with van der Waals surface area (Å²) in [5, 5.41) is 1.20. The molecular weight excluding hydrogens is 344 g/mol. The lowest BCUT2D eigenvalue weighted by Crippen LogP contribution is -2.51. The van der Waals surface area contributed by atoms with E-state index in [1.54, 1.807) is 11.3 Å². The molecule has 0 bridgehead atoms. The Hall–Kier alpha value is -1.50. The van der Waals surface area contributed by atoms with E-state index in [-0.39, 0.29) is 0 Å². The second kappa shape index (κ2) is 8.03. The van der Waals surface area contributed by atoms with Gasteiger partial charge in [0.15, 0.2) is 0 Å². The molecule has 3 heterocycles. The Bertz CT molecular complexity index is 714. The van der Waals surface area contributed by atoms with Crippen molar-refractivity contribution < 1.29 is 4.79 Å². The van der Waals surface area contributed by atoms with Crippen molar-refractivity contribution in [3.63, 3.8) is 0 Å². The summed E-state index contributed by atoms with van der Waals surface area (Å²) in [6.45, 7) is 8.69. The van der Waals surface area contributed by atoms with Gasteiger partial charge in [-0.25, -0.2) is 4.98 Å². The van der Waals surface area contributed by atoms with E-state index in [0.29, 0.717) is 18.5 Å². The first-order valence-electron chi connectivity index (χ1n) is 9.80. The number of piperazine rings is 1. The van der Waals surface area contributed by atoms with Crippen LogP contribution >= 0.6 is 11.3 Å². The Balaban J connectivity index is 1.30. The summed E-state index contributed by atoms with van der Waals surface area (Å²) in [5.74, 6) is 0.317.